The number of carbonyl (C=O) groups is 1. The fraction of sp³-hybridized carbons (Fsp3) is 0.231. The summed E-state index contributed by atoms with van der Waals surface area (Å²) in [6, 6.07) is 6.28. The number of hydrogen-bond donors (Lipinski definition) is 2. The highest BCUT2D eigenvalue weighted by atomic mass is 35.5. The summed E-state index contributed by atoms with van der Waals surface area (Å²) in [5.74, 6) is -0.203. The van der Waals surface area contributed by atoms with Crippen LogP contribution in [0.5, 0.6) is 0 Å². The third-order valence-corrected chi connectivity index (χ3v) is 4.90. The molecule has 0 atom stereocenters. The lowest BCUT2D eigenvalue weighted by Gasteiger charge is -2.09. The van der Waals surface area contributed by atoms with E-state index in [1.54, 1.807) is 38.2 Å². The zero-order valence-corrected chi connectivity index (χ0v) is 13.8. The number of halogens is 1. The number of carbonyl (C=O) groups excluding carboxylic acids is 1. The molecule has 118 valence electrons. The van der Waals surface area contributed by atoms with E-state index in [0.29, 0.717) is 17.1 Å². The number of aromatic nitrogens is 2. The number of nitrogens with one attached hydrogen (secondary N) is 2. The lowest BCUT2D eigenvalue weighted by atomic mass is 10.3. The monoisotopic (exact) mass is 342 g/mol. The van der Waals surface area contributed by atoms with E-state index < -0.39 is 10.0 Å². The molecule has 22 heavy (non-hydrogen) atoms. The molecule has 2 aromatic rings. The van der Waals surface area contributed by atoms with Gasteiger partial charge in [-0.2, -0.15) is 5.10 Å². The highest BCUT2D eigenvalue weighted by Gasteiger charge is 2.25. The quantitative estimate of drug-likeness (QED) is 0.890. The van der Waals surface area contributed by atoms with Crippen molar-refractivity contribution in [1.82, 2.24) is 9.78 Å². The molecule has 0 saturated heterocycles. The number of benzene rings is 1. The number of sulfonamides is 1. The molecular weight excluding hydrogens is 328 g/mol. The van der Waals surface area contributed by atoms with Crippen LogP contribution in [0, 0.1) is 6.92 Å². The second kappa shape index (κ2) is 5.98. The Hall–Kier alpha value is -2.06. The Morgan fingerprint density at radius 3 is 2.23 bits per heavy atom. The van der Waals surface area contributed by atoms with Crippen molar-refractivity contribution in [1.29, 1.82) is 0 Å². The predicted octanol–water partition coefficient (Wildman–Crippen LogP) is 2.14. The van der Waals surface area contributed by atoms with Gasteiger partial charge in [0.25, 0.3) is 10.0 Å². The van der Waals surface area contributed by atoms with Crippen LogP contribution in [0.2, 0.25) is 5.15 Å². The number of rotatable bonds is 4. The molecule has 0 bridgehead atoms. The fourth-order valence-corrected chi connectivity index (χ4v) is 3.76. The second-order valence-corrected chi connectivity index (χ2v) is 6.67. The van der Waals surface area contributed by atoms with Gasteiger partial charge in [0.05, 0.1) is 5.69 Å². The summed E-state index contributed by atoms with van der Waals surface area (Å²) in [6.45, 7) is 2.96. The van der Waals surface area contributed by atoms with Crippen LogP contribution in [0.4, 0.5) is 11.4 Å². The molecule has 0 radical (unpaired) electrons. The first-order valence-corrected chi connectivity index (χ1v) is 8.16. The molecule has 7 nitrogen and oxygen atoms in total. The first kappa shape index (κ1) is 16.3. The minimum Gasteiger partial charge on any atom is -0.326 e. The summed E-state index contributed by atoms with van der Waals surface area (Å²) in [7, 11) is -2.28. The lowest BCUT2D eigenvalue weighted by molar-refractivity contribution is -0.114. The molecule has 0 aliphatic carbocycles. The van der Waals surface area contributed by atoms with Crippen LogP contribution in [0.25, 0.3) is 0 Å². The van der Waals surface area contributed by atoms with Crippen molar-refractivity contribution in [3.05, 3.63) is 35.1 Å². The third kappa shape index (κ3) is 3.40. The average molecular weight is 343 g/mol. The van der Waals surface area contributed by atoms with Crippen LogP contribution >= 0.6 is 11.6 Å². The van der Waals surface area contributed by atoms with Gasteiger partial charge in [-0.3, -0.25) is 14.2 Å². The average Bonchev–Trinajstić information content (AvgIpc) is 2.65. The van der Waals surface area contributed by atoms with Crippen LogP contribution in [0.1, 0.15) is 12.6 Å². The van der Waals surface area contributed by atoms with Crippen molar-refractivity contribution >= 4 is 38.9 Å². The Labute approximate surface area is 133 Å². The number of hydrogen-bond acceptors (Lipinski definition) is 4. The van der Waals surface area contributed by atoms with E-state index in [-0.39, 0.29) is 16.0 Å². The van der Waals surface area contributed by atoms with Crippen LogP contribution in [0.3, 0.4) is 0 Å². The van der Waals surface area contributed by atoms with Gasteiger partial charge < -0.3 is 5.32 Å². The van der Waals surface area contributed by atoms with Crippen LogP contribution in [0.15, 0.2) is 29.2 Å². The molecule has 0 spiro atoms. The number of amides is 1. The van der Waals surface area contributed by atoms with Crippen LogP contribution < -0.4 is 10.0 Å². The second-order valence-electron chi connectivity index (χ2n) is 4.69. The fourth-order valence-electron chi connectivity index (χ4n) is 1.95. The Morgan fingerprint density at radius 2 is 1.77 bits per heavy atom. The summed E-state index contributed by atoms with van der Waals surface area (Å²) in [6.07, 6.45) is 0. The normalized spacial score (nSPS) is 11.3. The van der Waals surface area contributed by atoms with Gasteiger partial charge in [-0.1, -0.05) is 11.6 Å². The zero-order valence-electron chi connectivity index (χ0n) is 12.2. The van der Waals surface area contributed by atoms with Gasteiger partial charge in [-0.15, -0.1) is 0 Å². The summed E-state index contributed by atoms with van der Waals surface area (Å²) >= 11 is 5.98. The van der Waals surface area contributed by atoms with E-state index >= 15 is 0 Å². The third-order valence-electron chi connectivity index (χ3n) is 2.83. The maximum Gasteiger partial charge on any atom is 0.266 e. The Bertz CT molecular complexity index is 813. The van der Waals surface area contributed by atoms with Gasteiger partial charge in [0.1, 0.15) is 10.0 Å². The first-order chi connectivity index (χ1) is 10.2. The van der Waals surface area contributed by atoms with E-state index in [2.05, 4.69) is 15.1 Å². The molecule has 1 heterocycles. The SMILES string of the molecule is CC(=O)Nc1ccc(NS(=O)(=O)c2c(C)nn(C)c2Cl)cc1. The number of nitrogens with zero attached hydrogens (tertiary/aromatic N) is 2. The molecule has 9 heteroatoms. The van der Waals surface area contributed by atoms with E-state index in [1.165, 1.54) is 11.6 Å². The van der Waals surface area contributed by atoms with Gasteiger partial charge in [-0.25, -0.2) is 8.42 Å². The molecule has 1 aromatic heterocycles. The highest BCUT2D eigenvalue weighted by molar-refractivity contribution is 7.92. The van der Waals surface area contributed by atoms with Gasteiger partial charge in [0.2, 0.25) is 5.91 Å². The minimum atomic E-state index is -3.84. The Kier molecular flexibility index (Phi) is 4.43. The van der Waals surface area contributed by atoms with Crippen molar-refractivity contribution < 1.29 is 13.2 Å². The standard InChI is InChI=1S/C13H15ClN4O3S/c1-8-12(13(14)18(3)16-8)22(20,21)17-11-6-4-10(5-7-11)15-9(2)19/h4-7,17H,1-3H3,(H,15,19). The molecule has 0 fully saturated rings. The van der Waals surface area contributed by atoms with Crippen molar-refractivity contribution in [2.24, 2.45) is 7.05 Å². The van der Waals surface area contributed by atoms with Gasteiger partial charge >= 0.3 is 0 Å². The van der Waals surface area contributed by atoms with Gasteiger partial charge in [0.15, 0.2) is 0 Å². The van der Waals surface area contributed by atoms with Crippen molar-refractivity contribution in [2.45, 2.75) is 18.7 Å². The Balaban J connectivity index is 2.27. The molecule has 2 N–H and O–H groups in total. The summed E-state index contributed by atoms with van der Waals surface area (Å²) < 4.78 is 28.5. The van der Waals surface area contributed by atoms with E-state index in [4.69, 9.17) is 11.6 Å². The maximum absolute atomic E-state index is 12.4. The largest absolute Gasteiger partial charge is 0.326 e. The summed E-state index contributed by atoms with van der Waals surface area (Å²) in [4.78, 5) is 10.9. The topological polar surface area (TPSA) is 93.1 Å². The van der Waals surface area contributed by atoms with E-state index in [0.717, 1.165) is 0 Å². The first-order valence-electron chi connectivity index (χ1n) is 6.30. The number of anilines is 2. The molecule has 0 saturated carbocycles. The van der Waals surface area contributed by atoms with E-state index in [9.17, 15) is 13.2 Å². The molecule has 0 unspecified atom stereocenters. The van der Waals surface area contributed by atoms with Gasteiger partial charge in [0, 0.05) is 25.3 Å². The molecule has 0 aliphatic heterocycles. The van der Waals surface area contributed by atoms with Crippen molar-refractivity contribution in [3.63, 3.8) is 0 Å². The summed E-state index contributed by atoms with van der Waals surface area (Å²) in [5, 5.41) is 6.62. The molecule has 2 rings (SSSR count). The zero-order chi connectivity index (χ0) is 16.5. The lowest BCUT2D eigenvalue weighted by Crippen LogP contribution is -2.14. The molecule has 1 aromatic carbocycles. The Morgan fingerprint density at radius 1 is 1.23 bits per heavy atom. The van der Waals surface area contributed by atoms with Gasteiger partial charge in [-0.05, 0) is 31.2 Å². The highest BCUT2D eigenvalue weighted by Crippen LogP contribution is 2.26. The number of aryl methyl sites for hydroxylation is 2. The van der Waals surface area contributed by atoms with E-state index in [1.807, 2.05) is 0 Å². The summed E-state index contributed by atoms with van der Waals surface area (Å²) in [5.41, 5.74) is 1.24. The van der Waals surface area contributed by atoms with Crippen LogP contribution in [-0.2, 0) is 21.9 Å². The molecule has 1 amide bonds. The predicted molar refractivity (Wildman–Crippen MR) is 84.5 cm³/mol. The molecule has 0 aliphatic rings. The maximum atomic E-state index is 12.4. The van der Waals surface area contributed by atoms with Crippen molar-refractivity contribution in [3.8, 4) is 0 Å². The van der Waals surface area contributed by atoms with Crippen LogP contribution in [-0.4, -0.2) is 24.1 Å². The minimum absolute atomic E-state index is 0.0415. The van der Waals surface area contributed by atoms with Crippen molar-refractivity contribution in [2.75, 3.05) is 10.0 Å². The molecular formula is C13H15ClN4O3S. The smallest absolute Gasteiger partial charge is 0.266 e.